The second-order valence-corrected chi connectivity index (χ2v) is 8.33. The number of benzene rings is 3. The molecule has 1 aliphatic rings. The Labute approximate surface area is 193 Å². The summed E-state index contributed by atoms with van der Waals surface area (Å²) in [6.45, 7) is 2.56. The Hall–Kier alpha value is -3.50. The minimum absolute atomic E-state index is 0.153. The Morgan fingerprint density at radius 3 is 2.56 bits per heavy atom. The Morgan fingerprint density at radius 1 is 0.969 bits per heavy atom. The smallest absolute Gasteiger partial charge is 0.318 e. The molecule has 0 unspecified atom stereocenters. The topological polar surface area (TPSA) is 37.3 Å². The van der Waals surface area contributed by atoms with Crippen LogP contribution in [-0.4, -0.2) is 15.5 Å². The van der Waals surface area contributed by atoms with Gasteiger partial charge in [-0.15, -0.1) is 0 Å². The summed E-state index contributed by atoms with van der Waals surface area (Å²) in [5.41, 5.74) is 6.01. The van der Waals surface area contributed by atoms with Gasteiger partial charge in [-0.05, 0) is 53.4 Å². The van der Waals surface area contributed by atoms with E-state index in [1.807, 2.05) is 77.8 Å². The molecular formula is C27H24ClN3O. The van der Waals surface area contributed by atoms with Crippen molar-refractivity contribution in [3.8, 4) is 5.69 Å². The second-order valence-electron chi connectivity index (χ2n) is 7.92. The van der Waals surface area contributed by atoms with Crippen LogP contribution in [0.5, 0.6) is 0 Å². The van der Waals surface area contributed by atoms with Crippen LogP contribution in [0.25, 0.3) is 5.69 Å². The van der Waals surface area contributed by atoms with Gasteiger partial charge < -0.3 is 14.8 Å². The summed E-state index contributed by atoms with van der Waals surface area (Å²) in [6, 6.07) is 27.5. The molecular weight excluding hydrogens is 418 g/mol. The number of aryl methyl sites for hydroxylation is 1. The molecule has 4 nitrogen and oxygen atoms in total. The highest BCUT2D eigenvalue weighted by Gasteiger charge is 2.34. The van der Waals surface area contributed by atoms with E-state index in [4.69, 9.17) is 11.6 Å². The fraction of sp³-hybridized carbons (Fsp3) is 0.148. The number of hydrogen-bond donors (Lipinski definition) is 1. The van der Waals surface area contributed by atoms with Crippen molar-refractivity contribution in [2.75, 3.05) is 5.32 Å². The largest absolute Gasteiger partial charge is 0.322 e. The number of nitrogens with zero attached hydrogens (tertiary/aromatic N) is 2. The normalized spacial score (nSPS) is 14.9. The number of halogens is 1. The van der Waals surface area contributed by atoms with Crippen LogP contribution in [-0.2, 0) is 13.0 Å². The van der Waals surface area contributed by atoms with Crippen molar-refractivity contribution in [2.24, 2.45) is 0 Å². The van der Waals surface area contributed by atoms with Crippen LogP contribution in [0.3, 0.4) is 0 Å². The number of anilines is 1. The Balaban J connectivity index is 1.65. The number of carbonyl (C=O) groups is 1. The molecule has 0 spiro atoms. The first-order chi connectivity index (χ1) is 15.7. The predicted octanol–water partition coefficient (Wildman–Crippen LogP) is 6.83. The average Bonchev–Trinajstić information content (AvgIpc) is 3.24. The molecule has 0 bridgehead atoms. The molecule has 2 heterocycles. The first kappa shape index (κ1) is 20.4. The van der Waals surface area contributed by atoms with Gasteiger partial charge in [-0.2, -0.15) is 0 Å². The standard InChI is InChI=1S/C27H24ClN3O/c1-2-19-10-3-7-14-23(19)29-27(32)31-18-20-11-4-8-15-24(20)30-17-9-16-25(30)26(31)21-12-5-6-13-22(21)28/h3-17,26H,2,18H2,1H3,(H,29,32)/t26-/m1/s1. The summed E-state index contributed by atoms with van der Waals surface area (Å²) in [4.78, 5) is 15.7. The Bertz CT molecular complexity index is 1280. The van der Waals surface area contributed by atoms with Crippen LogP contribution >= 0.6 is 11.6 Å². The second kappa shape index (κ2) is 8.56. The van der Waals surface area contributed by atoms with Crippen molar-refractivity contribution in [1.82, 2.24) is 9.47 Å². The summed E-state index contributed by atoms with van der Waals surface area (Å²) in [5, 5.41) is 3.81. The lowest BCUT2D eigenvalue weighted by atomic mass is 10.0. The van der Waals surface area contributed by atoms with Crippen LogP contribution in [0, 0.1) is 0 Å². The lowest BCUT2D eigenvalue weighted by Gasteiger charge is -2.31. The molecule has 5 heteroatoms. The van der Waals surface area contributed by atoms with Crippen LogP contribution in [0.15, 0.2) is 91.1 Å². The Morgan fingerprint density at radius 2 is 1.72 bits per heavy atom. The lowest BCUT2D eigenvalue weighted by molar-refractivity contribution is 0.194. The quantitative estimate of drug-likeness (QED) is 0.371. The summed E-state index contributed by atoms with van der Waals surface area (Å²) < 4.78 is 2.16. The molecule has 0 saturated carbocycles. The molecule has 0 aliphatic carbocycles. The third-order valence-electron chi connectivity index (χ3n) is 6.06. The molecule has 2 amide bonds. The van der Waals surface area contributed by atoms with E-state index >= 15 is 0 Å². The van der Waals surface area contributed by atoms with E-state index in [9.17, 15) is 4.79 Å². The summed E-state index contributed by atoms with van der Waals surface area (Å²) in [7, 11) is 0. The third kappa shape index (κ3) is 3.57. The minimum atomic E-state index is -0.333. The zero-order chi connectivity index (χ0) is 22.1. The fourth-order valence-corrected chi connectivity index (χ4v) is 4.74. The molecule has 160 valence electrons. The van der Waals surface area contributed by atoms with E-state index in [1.165, 1.54) is 0 Å². The van der Waals surface area contributed by atoms with Crippen LogP contribution in [0.2, 0.25) is 5.02 Å². The monoisotopic (exact) mass is 441 g/mol. The minimum Gasteiger partial charge on any atom is -0.318 e. The SMILES string of the molecule is CCc1ccccc1NC(=O)N1Cc2ccccc2-n2cccc2[C@H]1c1ccccc1Cl. The molecule has 4 aromatic rings. The van der Waals surface area contributed by atoms with Gasteiger partial charge >= 0.3 is 6.03 Å². The van der Waals surface area contributed by atoms with Gasteiger partial charge in [0.1, 0.15) is 6.04 Å². The number of nitrogens with one attached hydrogen (secondary N) is 1. The zero-order valence-corrected chi connectivity index (χ0v) is 18.6. The maximum absolute atomic E-state index is 13.8. The summed E-state index contributed by atoms with van der Waals surface area (Å²) >= 11 is 6.67. The molecule has 1 N–H and O–H groups in total. The number of aromatic nitrogens is 1. The van der Waals surface area contributed by atoms with Gasteiger partial charge in [-0.25, -0.2) is 4.79 Å². The van der Waals surface area contributed by atoms with E-state index in [0.29, 0.717) is 11.6 Å². The summed E-state index contributed by atoms with van der Waals surface area (Å²) in [6.07, 6.45) is 2.89. The van der Waals surface area contributed by atoms with Crippen molar-refractivity contribution in [1.29, 1.82) is 0 Å². The third-order valence-corrected chi connectivity index (χ3v) is 6.41. The number of carbonyl (C=O) groups excluding carboxylic acids is 1. The van der Waals surface area contributed by atoms with Gasteiger partial charge in [0.15, 0.2) is 0 Å². The molecule has 0 saturated heterocycles. The molecule has 1 atom stereocenters. The highest BCUT2D eigenvalue weighted by Crippen LogP contribution is 2.39. The van der Waals surface area contributed by atoms with Gasteiger partial charge in [0.05, 0.1) is 17.9 Å². The molecule has 1 aromatic heterocycles. The van der Waals surface area contributed by atoms with Gasteiger partial charge in [-0.3, -0.25) is 0 Å². The van der Waals surface area contributed by atoms with Crippen molar-refractivity contribution < 1.29 is 4.79 Å². The predicted molar refractivity (Wildman–Crippen MR) is 129 cm³/mol. The zero-order valence-electron chi connectivity index (χ0n) is 17.8. The summed E-state index contributed by atoms with van der Waals surface area (Å²) in [5.74, 6) is 0. The van der Waals surface area contributed by atoms with Crippen LogP contribution < -0.4 is 5.32 Å². The van der Waals surface area contributed by atoms with Gasteiger partial charge in [0.25, 0.3) is 0 Å². The lowest BCUT2D eigenvalue weighted by Crippen LogP contribution is -2.38. The number of amides is 2. The maximum Gasteiger partial charge on any atom is 0.322 e. The molecule has 3 aromatic carbocycles. The van der Waals surface area contributed by atoms with Crippen molar-refractivity contribution >= 4 is 23.3 Å². The van der Waals surface area contributed by atoms with Crippen LogP contribution in [0.4, 0.5) is 10.5 Å². The highest BCUT2D eigenvalue weighted by atomic mass is 35.5. The van der Waals surface area contributed by atoms with E-state index < -0.39 is 0 Å². The number of hydrogen-bond acceptors (Lipinski definition) is 1. The van der Waals surface area contributed by atoms with Gasteiger partial charge in [0.2, 0.25) is 0 Å². The maximum atomic E-state index is 13.8. The van der Waals surface area contributed by atoms with Crippen molar-refractivity contribution in [2.45, 2.75) is 25.9 Å². The Kier molecular flexibility index (Phi) is 5.46. The molecule has 5 rings (SSSR count). The van der Waals surface area contributed by atoms with Gasteiger partial charge in [0, 0.05) is 16.9 Å². The van der Waals surface area contributed by atoms with Gasteiger partial charge in [-0.1, -0.05) is 73.1 Å². The first-order valence-corrected chi connectivity index (χ1v) is 11.2. The molecule has 0 radical (unpaired) electrons. The van der Waals surface area contributed by atoms with E-state index in [1.54, 1.807) is 0 Å². The molecule has 32 heavy (non-hydrogen) atoms. The number of fused-ring (bicyclic) bond motifs is 3. The van der Waals surface area contributed by atoms with Crippen molar-refractivity contribution in [3.63, 3.8) is 0 Å². The highest BCUT2D eigenvalue weighted by molar-refractivity contribution is 6.31. The van der Waals surface area contributed by atoms with Crippen molar-refractivity contribution in [3.05, 3.63) is 119 Å². The number of para-hydroxylation sites is 2. The fourth-order valence-electron chi connectivity index (χ4n) is 4.50. The van der Waals surface area contributed by atoms with E-state index in [-0.39, 0.29) is 12.1 Å². The average molecular weight is 442 g/mol. The first-order valence-electron chi connectivity index (χ1n) is 10.8. The van der Waals surface area contributed by atoms with E-state index in [0.717, 1.165) is 40.2 Å². The number of rotatable bonds is 3. The van der Waals surface area contributed by atoms with E-state index in [2.05, 4.69) is 35.0 Å². The molecule has 1 aliphatic heterocycles. The number of urea groups is 1. The molecule has 0 fully saturated rings. The van der Waals surface area contributed by atoms with Crippen LogP contribution in [0.1, 0.15) is 35.3 Å².